The number of hydrogen-bond acceptors (Lipinski definition) is 2. The molecule has 0 aromatic carbocycles. The lowest BCUT2D eigenvalue weighted by atomic mass is 9.84. The monoisotopic (exact) mass is 234 g/mol. The van der Waals surface area contributed by atoms with Crippen molar-refractivity contribution >= 4 is 5.78 Å². The van der Waals surface area contributed by atoms with Gasteiger partial charge in [-0.25, -0.2) is 0 Å². The minimum Gasteiger partial charge on any atom is -0.388 e. The van der Waals surface area contributed by atoms with Crippen LogP contribution in [-0.2, 0) is 4.79 Å². The Morgan fingerprint density at radius 3 is 2.65 bits per heavy atom. The number of hydrogen-bond donors (Lipinski definition) is 1. The van der Waals surface area contributed by atoms with E-state index in [1.807, 2.05) is 39.8 Å². The van der Waals surface area contributed by atoms with E-state index in [2.05, 4.69) is 0 Å². The minimum absolute atomic E-state index is 0.0322. The number of carbonyl (C=O) groups is 1. The lowest BCUT2D eigenvalue weighted by Crippen LogP contribution is -2.25. The van der Waals surface area contributed by atoms with Gasteiger partial charge >= 0.3 is 0 Å². The summed E-state index contributed by atoms with van der Waals surface area (Å²) >= 11 is 0. The molecule has 0 saturated carbocycles. The number of rotatable bonds is 0. The first-order valence-corrected chi connectivity index (χ1v) is 6.08. The SMILES string of the molecule is CC1=C[C@@H](O)C(C)(C)C=CC(=O)C(C)=CCC1. The van der Waals surface area contributed by atoms with Crippen LogP contribution in [0, 0.1) is 5.41 Å². The molecule has 1 atom stereocenters. The lowest BCUT2D eigenvalue weighted by Gasteiger charge is -2.25. The summed E-state index contributed by atoms with van der Waals surface area (Å²) in [5, 5.41) is 10.1. The quantitative estimate of drug-likeness (QED) is 0.654. The van der Waals surface area contributed by atoms with Crippen molar-refractivity contribution in [2.75, 3.05) is 0 Å². The average Bonchev–Trinajstić information content (AvgIpc) is 2.25. The van der Waals surface area contributed by atoms with Crippen LogP contribution in [0.4, 0.5) is 0 Å². The zero-order chi connectivity index (χ0) is 13.1. The van der Waals surface area contributed by atoms with Gasteiger partial charge in [-0.15, -0.1) is 0 Å². The third-order valence-electron chi connectivity index (χ3n) is 3.25. The van der Waals surface area contributed by atoms with Crippen LogP contribution in [0.25, 0.3) is 0 Å². The molecule has 0 bridgehead atoms. The third kappa shape index (κ3) is 3.97. The Morgan fingerprint density at radius 2 is 2.00 bits per heavy atom. The summed E-state index contributed by atoms with van der Waals surface area (Å²) in [4.78, 5) is 11.8. The molecule has 1 N–H and O–H groups in total. The molecule has 2 heteroatoms. The van der Waals surface area contributed by atoms with Gasteiger partial charge in [-0.1, -0.05) is 37.6 Å². The Kier molecular flexibility index (Phi) is 4.47. The zero-order valence-corrected chi connectivity index (χ0v) is 11.2. The highest BCUT2D eigenvalue weighted by molar-refractivity contribution is 6.03. The van der Waals surface area contributed by atoms with E-state index in [1.54, 1.807) is 12.2 Å². The van der Waals surface area contributed by atoms with Crippen molar-refractivity contribution in [3.63, 3.8) is 0 Å². The highest BCUT2D eigenvalue weighted by Gasteiger charge is 2.23. The summed E-state index contributed by atoms with van der Waals surface area (Å²) in [6.45, 7) is 7.73. The molecule has 2 nitrogen and oxygen atoms in total. The summed E-state index contributed by atoms with van der Waals surface area (Å²) in [5.41, 5.74) is 1.53. The lowest BCUT2D eigenvalue weighted by molar-refractivity contribution is -0.111. The summed E-state index contributed by atoms with van der Waals surface area (Å²) in [6, 6.07) is 0. The van der Waals surface area contributed by atoms with Gasteiger partial charge in [-0.2, -0.15) is 0 Å². The maximum atomic E-state index is 11.8. The maximum Gasteiger partial charge on any atom is 0.180 e. The Hall–Kier alpha value is -1.15. The predicted octanol–water partition coefficient (Wildman–Crippen LogP) is 3.19. The number of carbonyl (C=O) groups excluding carboxylic acids is 1. The van der Waals surface area contributed by atoms with Crippen LogP contribution >= 0.6 is 0 Å². The molecule has 0 amide bonds. The van der Waals surface area contributed by atoms with E-state index in [9.17, 15) is 9.90 Å². The van der Waals surface area contributed by atoms with E-state index in [-0.39, 0.29) is 5.78 Å². The Balaban J connectivity index is 3.07. The first-order valence-electron chi connectivity index (χ1n) is 6.08. The van der Waals surface area contributed by atoms with Crippen molar-refractivity contribution < 1.29 is 9.90 Å². The minimum atomic E-state index is -0.551. The van der Waals surface area contributed by atoms with Gasteiger partial charge in [-0.05, 0) is 38.3 Å². The van der Waals surface area contributed by atoms with Crippen molar-refractivity contribution in [3.05, 3.63) is 35.5 Å². The number of aliphatic hydroxyl groups excluding tert-OH is 1. The molecule has 0 unspecified atom stereocenters. The molecule has 0 aromatic heterocycles. The van der Waals surface area contributed by atoms with E-state index >= 15 is 0 Å². The Labute approximate surface area is 104 Å². The van der Waals surface area contributed by atoms with Crippen molar-refractivity contribution in [1.82, 2.24) is 0 Å². The van der Waals surface area contributed by atoms with Crippen LogP contribution in [0.5, 0.6) is 0 Å². The number of ketones is 1. The van der Waals surface area contributed by atoms with Gasteiger partial charge in [0.15, 0.2) is 5.78 Å². The van der Waals surface area contributed by atoms with Gasteiger partial charge in [0.1, 0.15) is 0 Å². The fourth-order valence-corrected chi connectivity index (χ4v) is 1.71. The first-order chi connectivity index (χ1) is 7.83. The van der Waals surface area contributed by atoms with Crippen molar-refractivity contribution in [2.45, 2.75) is 46.6 Å². The van der Waals surface area contributed by atoms with Gasteiger partial charge in [0.25, 0.3) is 0 Å². The van der Waals surface area contributed by atoms with Gasteiger partial charge in [-0.3, -0.25) is 4.79 Å². The molecule has 94 valence electrons. The van der Waals surface area contributed by atoms with Crippen LogP contribution in [0.3, 0.4) is 0 Å². The maximum absolute atomic E-state index is 11.8. The molecule has 0 radical (unpaired) electrons. The van der Waals surface area contributed by atoms with Gasteiger partial charge in [0.05, 0.1) is 6.10 Å². The van der Waals surface area contributed by atoms with Crippen LogP contribution < -0.4 is 0 Å². The van der Waals surface area contributed by atoms with E-state index in [1.165, 1.54) is 0 Å². The van der Waals surface area contributed by atoms with Crippen molar-refractivity contribution in [3.8, 4) is 0 Å². The second-order valence-electron chi connectivity index (χ2n) is 5.40. The van der Waals surface area contributed by atoms with Crippen LogP contribution in [0.15, 0.2) is 35.5 Å². The third-order valence-corrected chi connectivity index (χ3v) is 3.25. The summed E-state index contributed by atoms with van der Waals surface area (Å²) in [5.74, 6) is 0.0322. The molecular weight excluding hydrogens is 212 g/mol. The molecule has 0 aromatic rings. The highest BCUT2D eigenvalue weighted by atomic mass is 16.3. The summed E-state index contributed by atoms with van der Waals surface area (Å²) < 4.78 is 0. The fraction of sp³-hybridized carbons (Fsp3) is 0.533. The second-order valence-corrected chi connectivity index (χ2v) is 5.40. The molecule has 0 aliphatic heterocycles. The molecule has 1 rings (SSSR count). The van der Waals surface area contributed by atoms with E-state index < -0.39 is 11.5 Å². The largest absolute Gasteiger partial charge is 0.388 e. The summed E-state index contributed by atoms with van der Waals surface area (Å²) in [7, 11) is 0. The molecule has 1 aliphatic carbocycles. The van der Waals surface area contributed by atoms with Crippen LogP contribution in [0.2, 0.25) is 0 Å². The molecule has 17 heavy (non-hydrogen) atoms. The topological polar surface area (TPSA) is 37.3 Å². The van der Waals surface area contributed by atoms with E-state index in [4.69, 9.17) is 0 Å². The van der Waals surface area contributed by atoms with Gasteiger partial charge < -0.3 is 5.11 Å². The Morgan fingerprint density at radius 1 is 1.35 bits per heavy atom. The van der Waals surface area contributed by atoms with E-state index in [0.29, 0.717) is 0 Å². The molecule has 0 fully saturated rings. The molecule has 0 heterocycles. The van der Waals surface area contributed by atoms with Crippen LogP contribution in [-0.4, -0.2) is 17.0 Å². The Bertz CT molecular complexity index is 384. The normalized spacial score (nSPS) is 25.9. The summed E-state index contributed by atoms with van der Waals surface area (Å²) in [6.07, 6.45) is 8.41. The molecule has 0 spiro atoms. The molecular formula is C15H22O2. The fourth-order valence-electron chi connectivity index (χ4n) is 1.71. The van der Waals surface area contributed by atoms with E-state index in [0.717, 1.165) is 24.0 Å². The number of aliphatic hydroxyl groups is 1. The van der Waals surface area contributed by atoms with Gasteiger partial charge in [0, 0.05) is 5.41 Å². The predicted molar refractivity (Wildman–Crippen MR) is 70.7 cm³/mol. The van der Waals surface area contributed by atoms with Gasteiger partial charge in [0.2, 0.25) is 0 Å². The zero-order valence-electron chi connectivity index (χ0n) is 11.2. The highest BCUT2D eigenvalue weighted by Crippen LogP contribution is 2.26. The molecule has 0 saturated heterocycles. The van der Waals surface area contributed by atoms with Crippen LogP contribution in [0.1, 0.15) is 40.5 Å². The average molecular weight is 234 g/mol. The van der Waals surface area contributed by atoms with Crippen molar-refractivity contribution in [2.24, 2.45) is 5.41 Å². The van der Waals surface area contributed by atoms with Crippen molar-refractivity contribution in [1.29, 1.82) is 0 Å². The number of allylic oxidation sites excluding steroid dienone is 4. The standard InChI is InChI=1S/C15H22O2/c1-11-6-5-7-12(2)13(16)8-9-15(3,4)14(17)10-11/h7-10,14,17H,5-6H2,1-4H3/t14-/m1/s1. The first kappa shape index (κ1) is 13.9. The molecule has 1 aliphatic rings. The smallest absolute Gasteiger partial charge is 0.180 e. The second kappa shape index (κ2) is 5.46.